The number of piperazine rings is 1. The summed E-state index contributed by atoms with van der Waals surface area (Å²) in [5.74, 6) is 1.28. The molecule has 0 radical (unpaired) electrons. The molecule has 7 heteroatoms. The zero-order valence-electron chi connectivity index (χ0n) is 15.6. The Balaban J connectivity index is 1.53. The van der Waals surface area contributed by atoms with E-state index in [4.69, 9.17) is 0 Å². The van der Waals surface area contributed by atoms with Crippen molar-refractivity contribution in [1.82, 2.24) is 15.1 Å². The smallest absolute Gasteiger partial charge is 0.353 e. The van der Waals surface area contributed by atoms with E-state index in [2.05, 4.69) is 40.3 Å². The number of hydrogen-bond acceptors (Lipinski definition) is 2. The molecule has 1 aliphatic heterocycles. The lowest BCUT2D eigenvalue weighted by molar-refractivity contribution is -0.181. The van der Waals surface area contributed by atoms with E-state index in [-0.39, 0.29) is 0 Å². The molecule has 2 aliphatic rings. The van der Waals surface area contributed by atoms with Crippen molar-refractivity contribution < 1.29 is 13.2 Å². The number of nitrogens with one attached hydrogen (secondary N) is 1. The van der Waals surface area contributed by atoms with E-state index in [1.54, 1.807) is 7.05 Å². The maximum atomic E-state index is 12.9. The molecule has 3 unspecified atom stereocenters. The fraction of sp³-hybridized carbons (Fsp3) is 0.632. The first-order valence-corrected chi connectivity index (χ1v) is 9.16. The Bertz CT molecular complexity index is 650. The quantitative estimate of drug-likeness (QED) is 0.657. The predicted molar refractivity (Wildman–Crippen MR) is 97.5 cm³/mol. The first-order valence-electron chi connectivity index (χ1n) is 9.16. The number of rotatable bonds is 3. The minimum absolute atomic E-state index is 0.349. The molecule has 1 heterocycles. The molecule has 0 aromatic heterocycles. The van der Waals surface area contributed by atoms with Crippen molar-refractivity contribution in [2.75, 3.05) is 33.2 Å². The van der Waals surface area contributed by atoms with Crippen LogP contribution in [0.25, 0.3) is 0 Å². The van der Waals surface area contributed by atoms with Crippen LogP contribution in [0, 0.1) is 6.92 Å². The number of guanidine groups is 1. The second kappa shape index (κ2) is 7.47. The van der Waals surface area contributed by atoms with Crippen molar-refractivity contribution in [2.24, 2.45) is 4.99 Å². The Morgan fingerprint density at radius 3 is 2.42 bits per heavy atom. The van der Waals surface area contributed by atoms with Gasteiger partial charge in [-0.2, -0.15) is 13.2 Å². The van der Waals surface area contributed by atoms with E-state index in [1.165, 1.54) is 23.0 Å². The van der Waals surface area contributed by atoms with E-state index < -0.39 is 12.2 Å². The molecule has 1 N–H and O–H groups in total. The van der Waals surface area contributed by atoms with Crippen LogP contribution in [0.2, 0.25) is 0 Å². The number of alkyl halides is 3. The van der Waals surface area contributed by atoms with Crippen LogP contribution in [0.15, 0.2) is 29.3 Å². The highest BCUT2D eigenvalue weighted by atomic mass is 19.4. The number of aliphatic imine (C=N–C) groups is 1. The molecule has 1 aliphatic carbocycles. The molecule has 0 bridgehead atoms. The van der Waals surface area contributed by atoms with Crippen molar-refractivity contribution in [2.45, 2.75) is 44.4 Å². The average molecular weight is 368 g/mol. The van der Waals surface area contributed by atoms with Crippen molar-refractivity contribution in [3.8, 4) is 0 Å². The van der Waals surface area contributed by atoms with Gasteiger partial charge in [0.1, 0.15) is 6.04 Å². The zero-order valence-corrected chi connectivity index (χ0v) is 15.6. The summed E-state index contributed by atoms with van der Waals surface area (Å²) in [5.41, 5.74) is 2.66. The minimum Gasteiger partial charge on any atom is -0.353 e. The van der Waals surface area contributed by atoms with Gasteiger partial charge in [0.2, 0.25) is 0 Å². The molecule has 2 fully saturated rings. The molecule has 3 atom stereocenters. The lowest BCUT2D eigenvalue weighted by Crippen LogP contribution is -2.57. The van der Waals surface area contributed by atoms with Gasteiger partial charge in [0, 0.05) is 45.2 Å². The highest BCUT2D eigenvalue weighted by Crippen LogP contribution is 2.42. The van der Waals surface area contributed by atoms with Crippen LogP contribution in [0.3, 0.4) is 0 Å². The van der Waals surface area contributed by atoms with Gasteiger partial charge in [-0.15, -0.1) is 0 Å². The molecule has 1 aromatic rings. The molecule has 0 amide bonds. The lowest BCUT2D eigenvalue weighted by atomic mass is 10.0. The summed E-state index contributed by atoms with van der Waals surface area (Å²) < 4.78 is 38.6. The van der Waals surface area contributed by atoms with E-state index >= 15 is 0 Å². The standard InChI is InChI=1S/C19H27F3N4/c1-13-6-4-5-7-15(13)16-12-17(16)24-18(23-3)26-10-8-25(9-11-26)14(2)19(20,21)22/h4-7,14,16-17H,8-12H2,1-3H3,(H,23,24). The average Bonchev–Trinajstić information content (AvgIpc) is 3.38. The summed E-state index contributed by atoms with van der Waals surface area (Å²) >= 11 is 0. The number of nitrogens with zero attached hydrogens (tertiary/aromatic N) is 3. The normalized spacial score (nSPS) is 25.9. The second-order valence-electron chi connectivity index (χ2n) is 7.24. The summed E-state index contributed by atoms with van der Waals surface area (Å²) in [6.07, 6.45) is -3.11. The number of aryl methyl sites for hydroxylation is 1. The third-order valence-corrected chi connectivity index (χ3v) is 5.54. The Kier molecular flexibility index (Phi) is 5.46. The molecule has 26 heavy (non-hydrogen) atoms. The highest BCUT2D eigenvalue weighted by Gasteiger charge is 2.42. The molecule has 0 spiro atoms. The van der Waals surface area contributed by atoms with Gasteiger partial charge >= 0.3 is 6.18 Å². The van der Waals surface area contributed by atoms with Crippen LogP contribution in [0.1, 0.15) is 30.4 Å². The molecular weight excluding hydrogens is 341 g/mol. The summed E-state index contributed by atoms with van der Waals surface area (Å²) in [6.45, 7) is 5.27. The van der Waals surface area contributed by atoms with Crippen LogP contribution in [-0.4, -0.2) is 67.2 Å². The number of hydrogen-bond donors (Lipinski definition) is 1. The van der Waals surface area contributed by atoms with Crippen LogP contribution >= 0.6 is 0 Å². The highest BCUT2D eigenvalue weighted by molar-refractivity contribution is 5.81. The predicted octanol–water partition coefficient (Wildman–Crippen LogP) is 2.99. The van der Waals surface area contributed by atoms with E-state index in [0.29, 0.717) is 38.1 Å². The lowest BCUT2D eigenvalue weighted by Gasteiger charge is -2.39. The van der Waals surface area contributed by atoms with Gasteiger partial charge in [0.25, 0.3) is 0 Å². The van der Waals surface area contributed by atoms with E-state index in [1.807, 2.05) is 6.07 Å². The minimum atomic E-state index is -4.17. The zero-order chi connectivity index (χ0) is 18.9. The Morgan fingerprint density at radius 2 is 1.85 bits per heavy atom. The van der Waals surface area contributed by atoms with Crippen molar-refractivity contribution >= 4 is 5.96 Å². The van der Waals surface area contributed by atoms with Crippen molar-refractivity contribution in [3.05, 3.63) is 35.4 Å². The summed E-state index contributed by atoms with van der Waals surface area (Å²) in [4.78, 5) is 7.91. The van der Waals surface area contributed by atoms with Gasteiger partial charge in [0.15, 0.2) is 5.96 Å². The third kappa shape index (κ3) is 4.14. The molecular formula is C19H27F3N4. The van der Waals surface area contributed by atoms with Gasteiger partial charge in [-0.1, -0.05) is 24.3 Å². The van der Waals surface area contributed by atoms with Crippen molar-refractivity contribution in [3.63, 3.8) is 0 Å². The fourth-order valence-electron chi connectivity index (χ4n) is 3.69. The summed E-state index contributed by atoms with van der Waals surface area (Å²) in [7, 11) is 1.73. The Morgan fingerprint density at radius 1 is 1.19 bits per heavy atom. The van der Waals surface area contributed by atoms with Gasteiger partial charge in [0.05, 0.1) is 0 Å². The maximum Gasteiger partial charge on any atom is 0.403 e. The van der Waals surface area contributed by atoms with Gasteiger partial charge in [-0.3, -0.25) is 9.89 Å². The first kappa shape index (κ1) is 19.0. The molecule has 144 valence electrons. The van der Waals surface area contributed by atoms with Gasteiger partial charge in [-0.25, -0.2) is 0 Å². The Hall–Kier alpha value is -1.76. The summed E-state index contributed by atoms with van der Waals surface area (Å²) in [5, 5.41) is 3.50. The SMILES string of the molecule is CN=C(NC1CC1c1ccccc1C)N1CCN(C(C)C(F)(F)F)CC1. The number of benzene rings is 1. The second-order valence-corrected chi connectivity index (χ2v) is 7.24. The molecule has 1 saturated heterocycles. The monoisotopic (exact) mass is 368 g/mol. The molecule has 3 rings (SSSR count). The van der Waals surface area contributed by atoms with Crippen LogP contribution in [-0.2, 0) is 0 Å². The molecule has 1 saturated carbocycles. The van der Waals surface area contributed by atoms with E-state index in [0.717, 1.165) is 12.4 Å². The molecule has 4 nitrogen and oxygen atoms in total. The maximum absolute atomic E-state index is 12.9. The fourth-order valence-corrected chi connectivity index (χ4v) is 3.69. The first-order chi connectivity index (χ1) is 12.3. The van der Waals surface area contributed by atoms with Gasteiger partial charge in [-0.05, 0) is 31.4 Å². The van der Waals surface area contributed by atoms with Crippen LogP contribution < -0.4 is 5.32 Å². The van der Waals surface area contributed by atoms with Crippen LogP contribution in [0.5, 0.6) is 0 Å². The van der Waals surface area contributed by atoms with E-state index in [9.17, 15) is 13.2 Å². The number of halogens is 3. The Labute approximate surface area is 153 Å². The van der Waals surface area contributed by atoms with Crippen LogP contribution in [0.4, 0.5) is 13.2 Å². The summed E-state index contributed by atoms with van der Waals surface area (Å²) in [6, 6.07) is 7.36. The largest absolute Gasteiger partial charge is 0.403 e. The topological polar surface area (TPSA) is 30.9 Å². The van der Waals surface area contributed by atoms with Crippen molar-refractivity contribution in [1.29, 1.82) is 0 Å². The van der Waals surface area contributed by atoms with Gasteiger partial charge < -0.3 is 10.2 Å². The third-order valence-electron chi connectivity index (χ3n) is 5.54. The molecule has 1 aromatic carbocycles.